The summed E-state index contributed by atoms with van der Waals surface area (Å²) in [4.78, 5) is 0. The van der Waals surface area contributed by atoms with Crippen molar-refractivity contribution in [3.05, 3.63) is 59.6 Å². The molecule has 23 heavy (non-hydrogen) atoms. The topological polar surface area (TPSA) is 99.3 Å². The highest BCUT2D eigenvalue weighted by Crippen LogP contribution is 2.24. The van der Waals surface area contributed by atoms with Crippen molar-refractivity contribution in [2.24, 2.45) is 23.1 Å². The molecule has 2 atom stereocenters. The lowest BCUT2D eigenvalue weighted by molar-refractivity contribution is 0.124. The fourth-order valence-corrected chi connectivity index (χ4v) is 2.64. The molecule has 0 bridgehead atoms. The maximum Gasteiger partial charge on any atom is 0.101 e. The smallest absolute Gasteiger partial charge is 0.101 e. The summed E-state index contributed by atoms with van der Waals surface area (Å²) in [6, 6.07) is 0. The molecule has 0 amide bonds. The van der Waals surface area contributed by atoms with E-state index in [9.17, 15) is 0 Å². The summed E-state index contributed by atoms with van der Waals surface area (Å²) in [5.41, 5.74) is 20.3. The van der Waals surface area contributed by atoms with E-state index >= 15 is 0 Å². The Kier molecular flexibility index (Phi) is 8.22. The van der Waals surface area contributed by atoms with Gasteiger partial charge in [-0.25, -0.2) is 0 Å². The molecule has 0 aromatic rings. The molecule has 2 unspecified atom stereocenters. The maximum absolute atomic E-state index is 6.15. The van der Waals surface area contributed by atoms with Crippen molar-refractivity contribution in [3.8, 4) is 0 Å². The van der Waals surface area contributed by atoms with Crippen LogP contribution in [0.1, 0.15) is 19.8 Å². The van der Waals surface area contributed by atoms with E-state index in [0.29, 0.717) is 24.8 Å². The minimum Gasteiger partial charge on any atom is -0.405 e. The molecule has 0 fully saturated rings. The molecule has 0 heterocycles. The SMILES string of the molecule is C=C(CN\C(N)=C(CN)/C(/C=C\N)=C/C)C1C=CC(OC)CC1. The van der Waals surface area contributed by atoms with E-state index in [-0.39, 0.29) is 6.10 Å². The normalized spacial score (nSPS) is 23.0. The monoisotopic (exact) mass is 318 g/mol. The number of ether oxygens (including phenoxy) is 1. The average Bonchev–Trinajstić information content (AvgIpc) is 2.59. The van der Waals surface area contributed by atoms with Crippen LogP contribution in [0.4, 0.5) is 0 Å². The number of methoxy groups -OCH3 is 1. The molecule has 7 N–H and O–H groups in total. The predicted molar refractivity (Wildman–Crippen MR) is 97.2 cm³/mol. The van der Waals surface area contributed by atoms with Gasteiger partial charge >= 0.3 is 0 Å². The van der Waals surface area contributed by atoms with Gasteiger partial charge < -0.3 is 27.3 Å². The van der Waals surface area contributed by atoms with E-state index < -0.39 is 0 Å². The van der Waals surface area contributed by atoms with E-state index in [1.807, 2.05) is 13.0 Å². The number of hydrogen-bond acceptors (Lipinski definition) is 5. The number of nitrogens with two attached hydrogens (primary N) is 3. The largest absolute Gasteiger partial charge is 0.405 e. The lowest BCUT2D eigenvalue weighted by atomic mass is 9.88. The third kappa shape index (κ3) is 5.62. The fourth-order valence-electron chi connectivity index (χ4n) is 2.64. The fraction of sp³-hybridized carbons (Fsp3) is 0.444. The molecule has 128 valence electrons. The van der Waals surface area contributed by atoms with Gasteiger partial charge in [0.05, 0.1) is 6.10 Å². The van der Waals surface area contributed by atoms with Gasteiger partial charge in [0.2, 0.25) is 0 Å². The summed E-state index contributed by atoms with van der Waals surface area (Å²) in [6.07, 6.45) is 11.8. The second kappa shape index (κ2) is 9.92. The molecule has 0 spiro atoms. The Bertz CT molecular complexity index is 517. The van der Waals surface area contributed by atoms with Crippen molar-refractivity contribution >= 4 is 0 Å². The van der Waals surface area contributed by atoms with Crippen molar-refractivity contribution < 1.29 is 4.74 Å². The molecule has 1 rings (SSSR count). The Balaban J connectivity index is 2.68. The van der Waals surface area contributed by atoms with Crippen LogP contribution in [0.5, 0.6) is 0 Å². The number of rotatable bonds is 8. The predicted octanol–water partition coefficient (Wildman–Crippen LogP) is 1.66. The van der Waals surface area contributed by atoms with Crippen LogP contribution in [-0.4, -0.2) is 26.3 Å². The minimum absolute atomic E-state index is 0.223. The summed E-state index contributed by atoms with van der Waals surface area (Å²) in [5.74, 6) is 0.919. The number of allylic oxidation sites excluding steroid dienone is 3. The second-order valence-corrected chi connectivity index (χ2v) is 5.55. The zero-order valence-corrected chi connectivity index (χ0v) is 14.2. The van der Waals surface area contributed by atoms with E-state index in [1.54, 1.807) is 13.2 Å². The van der Waals surface area contributed by atoms with Crippen molar-refractivity contribution in [2.75, 3.05) is 20.2 Å². The molecule has 0 saturated heterocycles. The van der Waals surface area contributed by atoms with E-state index in [2.05, 4.69) is 24.0 Å². The lowest BCUT2D eigenvalue weighted by Gasteiger charge is -2.24. The Morgan fingerprint density at radius 1 is 1.39 bits per heavy atom. The highest BCUT2D eigenvalue weighted by atomic mass is 16.5. The molecule has 0 aromatic carbocycles. The molecule has 0 radical (unpaired) electrons. The Morgan fingerprint density at radius 2 is 2.13 bits per heavy atom. The Hall–Kier alpha value is -1.98. The third-order valence-electron chi connectivity index (χ3n) is 4.12. The van der Waals surface area contributed by atoms with Crippen LogP contribution < -0.4 is 22.5 Å². The first-order valence-electron chi connectivity index (χ1n) is 7.93. The van der Waals surface area contributed by atoms with Crippen LogP contribution >= 0.6 is 0 Å². The summed E-state index contributed by atoms with van der Waals surface area (Å²) in [7, 11) is 1.74. The highest BCUT2D eigenvalue weighted by Gasteiger charge is 2.17. The molecule has 0 aliphatic heterocycles. The summed E-state index contributed by atoms with van der Waals surface area (Å²) in [5, 5.41) is 3.23. The van der Waals surface area contributed by atoms with Gasteiger partial charge in [-0.2, -0.15) is 0 Å². The lowest BCUT2D eigenvalue weighted by Crippen LogP contribution is -2.29. The molecule has 1 aliphatic carbocycles. The average molecular weight is 318 g/mol. The minimum atomic E-state index is 0.223. The second-order valence-electron chi connectivity index (χ2n) is 5.55. The van der Waals surface area contributed by atoms with Crippen LogP contribution in [0, 0.1) is 5.92 Å². The van der Waals surface area contributed by atoms with Gasteiger partial charge in [0.25, 0.3) is 0 Å². The van der Waals surface area contributed by atoms with Gasteiger partial charge in [-0.3, -0.25) is 0 Å². The van der Waals surface area contributed by atoms with Crippen LogP contribution in [0.2, 0.25) is 0 Å². The quantitative estimate of drug-likeness (QED) is 0.403. The third-order valence-corrected chi connectivity index (χ3v) is 4.12. The van der Waals surface area contributed by atoms with Crippen molar-refractivity contribution in [1.29, 1.82) is 0 Å². The van der Waals surface area contributed by atoms with Crippen LogP contribution in [0.3, 0.4) is 0 Å². The summed E-state index contributed by atoms with van der Waals surface area (Å²) < 4.78 is 5.33. The van der Waals surface area contributed by atoms with Crippen LogP contribution in [0.15, 0.2) is 59.6 Å². The molecule has 1 aliphatic rings. The van der Waals surface area contributed by atoms with Crippen molar-refractivity contribution in [1.82, 2.24) is 5.32 Å². The first kappa shape index (κ1) is 19.1. The first-order valence-corrected chi connectivity index (χ1v) is 7.93. The molecule has 0 saturated carbocycles. The van der Waals surface area contributed by atoms with Gasteiger partial charge in [0.15, 0.2) is 0 Å². The van der Waals surface area contributed by atoms with E-state index in [4.69, 9.17) is 21.9 Å². The molecule has 5 nitrogen and oxygen atoms in total. The Labute approximate surface area is 139 Å². The molecular formula is C18H30N4O. The zero-order chi connectivity index (χ0) is 17.2. The van der Waals surface area contributed by atoms with Crippen molar-refractivity contribution in [2.45, 2.75) is 25.9 Å². The molecular weight excluding hydrogens is 288 g/mol. The van der Waals surface area contributed by atoms with Crippen LogP contribution in [-0.2, 0) is 4.74 Å². The zero-order valence-electron chi connectivity index (χ0n) is 14.2. The van der Waals surface area contributed by atoms with Gasteiger partial charge in [0.1, 0.15) is 5.82 Å². The summed E-state index contributed by atoms with van der Waals surface area (Å²) in [6.45, 7) is 7.06. The Morgan fingerprint density at radius 3 is 2.61 bits per heavy atom. The molecule has 0 aromatic heterocycles. The van der Waals surface area contributed by atoms with Gasteiger partial charge in [-0.15, -0.1) is 0 Å². The number of hydrogen-bond donors (Lipinski definition) is 4. The standard InChI is InChI=1S/C18H30N4O/c1-4-14(9-10-19)17(11-20)18(21)22-12-13(2)15-5-7-16(23-3)8-6-15/h4-5,7,9-10,15-16,22H,2,6,8,11-12,19-21H2,1,3H3/b10-9-,14-4+,18-17-. The maximum atomic E-state index is 6.15. The van der Waals surface area contributed by atoms with E-state index in [0.717, 1.165) is 29.6 Å². The van der Waals surface area contributed by atoms with Gasteiger partial charge in [-0.05, 0) is 43.5 Å². The van der Waals surface area contributed by atoms with Crippen LogP contribution in [0.25, 0.3) is 0 Å². The van der Waals surface area contributed by atoms with Crippen molar-refractivity contribution in [3.63, 3.8) is 0 Å². The summed E-state index contributed by atoms with van der Waals surface area (Å²) >= 11 is 0. The molecule has 5 heteroatoms. The van der Waals surface area contributed by atoms with Gasteiger partial charge in [-0.1, -0.05) is 30.4 Å². The highest BCUT2D eigenvalue weighted by molar-refractivity contribution is 5.42. The van der Waals surface area contributed by atoms with Gasteiger partial charge in [0, 0.05) is 25.8 Å². The first-order chi connectivity index (χ1) is 11.1. The van der Waals surface area contributed by atoms with E-state index in [1.165, 1.54) is 6.20 Å². The number of nitrogens with one attached hydrogen (secondary N) is 1.